The van der Waals surface area contributed by atoms with Crippen LogP contribution in [0.2, 0.25) is 0 Å². The quantitative estimate of drug-likeness (QED) is 0.673. The van der Waals surface area contributed by atoms with Gasteiger partial charge >= 0.3 is 0 Å². The molecule has 0 amide bonds. The van der Waals surface area contributed by atoms with Crippen LogP contribution in [0.3, 0.4) is 0 Å². The maximum Gasteiger partial charge on any atom is 0.279 e. The summed E-state index contributed by atoms with van der Waals surface area (Å²) in [5.41, 5.74) is 0. The summed E-state index contributed by atoms with van der Waals surface area (Å²) in [5.74, 6) is 0.801. The standard InChI is InChI=1S/C14H24N2O3S/c1-3-4-12-16(2)20(17,18)15-11-8-13-19-14-9-6-5-7-10-14/h5-7,9-10,15H,3-4,8,11-13H2,1-2H3. The van der Waals surface area contributed by atoms with Crippen molar-refractivity contribution in [1.82, 2.24) is 9.03 Å². The van der Waals surface area contributed by atoms with E-state index in [-0.39, 0.29) is 0 Å². The highest BCUT2D eigenvalue weighted by molar-refractivity contribution is 7.87. The second-order valence-corrected chi connectivity index (χ2v) is 6.45. The van der Waals surface area contributed by atoms with Gasteiger partial charge < -0.3 is 4.74 Å². The molecule has 0 aliphatic heterocycles. The first kappa shape index (κ1) is 16.9. The van der Waals surface area contributed by atoms with Crippen LogP contribution in [0.1, 0.15) is 26.2 Å². The molecule has 0 atom stereocenters. The van der Waals surface area contributed by atoms with Crippen molar-refractivity contribution in [2.45, 2.75) is 26.2 Å². The maximum atomic E-state index is 11.8. The molecule has 0 radical (unpaired) electrons. The number of rotatable bonds is 10. The fraction of sp³-hybridized carbons (Fsp3) is 0.571. The minimum absolute atomic E-state index is 0.381. The third kappa shape index (κ3) is 6.36. The van der Waals surface area contributed by atoms with Crippen molar-refractivity contribution in [3.05, 3.63) is 30.3 Å². The molecule has 20 heavy (non-hydrogen) atoms. The number of ether oxygens (including phenoxy) is 1. The van der Waals surface area contributed by atoms with Crippen LogP contribution >= 0.6 is 0 Å². The molecular weight excluding hydrogens is 276 g/mol. The van der Waals surface area contributed by atoms with Gasteiger partial charge in [0.15, 0.2) is 0 Å². The lowest BCUT2D eigenvalue weighted by Crippen LogP contribution is -2.39. The van der Waals surface area contributed by atoms with Crippen LogP contribution in [0.15, 0.2) is 30.3 Å². The molecule has 0 aliphatic carbocycles. The summed E-state index contributed by atoms with van der Waals surface area (Å²) < 4.78 is 33.1. The summed E-state index contributed by atoms with van der Waals surface area (Å²) in [7, 11) is -1.75. The third-order valence-electron chi connectivity index (χ3n) is 2.85. The van der Waals surface area contributed by atoms with E-state index in [0.29, 0.717) is 26.1 Å². The average molecular weight is 300 g/mol. The number of benzene rings is 1. The summed E-state index contributed by atoms with van der Waals surface area (Å²) in [5, 5.41) is 0. The van der Waals surface area contributed by atoms with E-state index in [0.717, 1.165) is 18.6 Å². The Morgan fingerprint density at radius 1 is 1.20 bits per heavy atom. The molecule has 5 nitrogen and oxygen atoms in total. The Morgan fingerprint density at radius 3 is 2.55 bits per heavy atom. The first-order chi connectivity index (χ1) is 9.56. The van der Waals surface area contributed by atoms with Crippen LogP contribution < -0.4 is 9.46 Å². The van der Waals surface area contributed by atoms with Crippen LogP contribution in [-0.2, 0) is 10.2 Å². The van der Waals surface area contributed by atoms with E-state index in [2.05, 4.69) is 4.72 Å². The Balaban J connectivity index is 2.20. The predicted molar refractivity (Wildman–Crippen MR) is 81.0 cm³/mol. The van der Waals surface area contributed by atoms with Gasteiger partial charge in [-0.25, -0.2) is 4.72 Å². The van der Waals surface area contributed by atoms with Gasteiger partial charge in [0.2, 0.25) is 0 Å². The summed E-state index contributed by atoms with van der Waals surface area (Å²) in [6, 6.07) is 9.49. The van der Waals surface area contributed by atoms with E-state index in [1.807, 2.05) is 37.3 Å². The van der Waals surface area contributed by atoms with Crippen molar-refractivity contribution in [1.29, 1.82) is 0 Å². The van der Waals surface area contributed by atoms with E-state index in [4.69, 9.17) is 4.74 Å². The molecule has 0 aliphatic rings. The predicted octanol–water partition coefficient (Wildman–Crippen LogP) is 2.02. The lowest BCUT2D eigenvalue weighted by Gasteiger charge is -2.17. The smallest absolute Gasteiger partial charge is 0.279 e. The largest absolute Gasteiger partial charge is 0.494 e. The van der Waals surface area contributed by atoms with Crippen LogP contribution in [0.4, 0.5) is 0 Å². The molecule has 1 aromatic carbocycles. The lowest BCUT2D eigenvalue weighted by molar-refractivity contribution is 0.311. The van der Waals surface area contributed by atoms with Gasteiger partial charge in [0.05, 0.1) is 6.61 Å². The molecule has 6 heteroatoms. The van der Waals surface area contributed by atoms with Crippen molar-refractivity contribution in [2.75, 3.05) is 26.7 Å². The zero-order chi connectivity index (χ0) is 14.8. The van der Waals surface area contributed by atoms with Crippen molar-refractivity contribution in [2.24, 2.45) is 0 Å². The topological polar surface area (TPSA) is 58.6 Å². The van der Waals surface area contributed by atoms with Crippen LogP contribution in [-0.4, -0.2) is 39.5 Å². The van der Waals surface area contributed by atoms with E-state index in [1.54, 1.807) is 7.05 Å². The normalized spacial score (nSPS) is 11.8. The van der Waals surface area contributed by atoms with E-state index < -0.39 is 10.2 Å². The Kier molecular flexibility index (Phi) is 7.58. The van der Waals surface area contributed by atoms with Crippen LogP contribution in [0.5, 0.6) is 5.75 Å². The van der Waals surface area contributed by atoms with Gasteiger partial charge in [0.1, 0.15) is 5.75 Å². The van der Waals surface area contributed by atoms with Gasteiger partial charge in [-0.15, -0.1) is 0 Å². The Hall–Kier alpha value is -1.11. The number of para-hydroxylation sites is 1. The van der Waals surface area contributed by atoms with Crippen molar-refractivity contribution < 1.29 is 13.2 Å². The van der Waals surface area contributed by atoms with Crippen molar-refractivity contribution in [3.8, 4) is 5.75 Å². The molecule has 0 heterocycles. The monoisotopic (exact) mass is 300 g/mol. The van der Waals surface area contributed by atoms with Gasteiger partial charge in [-0.05, 0) is 25.0 Å². The van der Waals surface area contributed by atoms with E-state index in [9.17, 15) is 8.42 Å². The Morgan fingerprint density at radius 2 is 1.90 bits per heavy atom. The number of unbranched alkanes of at least 4 members (excludes halogenated alkanes) is 1. The second-order valence-electron chi connectivity index (χ2n) is 4.59. The maximum absolute atomic E-state index is 11.8. The second kappa shape index (κ2) is 8.94. The van der Waals surface area contributed by atoms with Gasteiger partial charge in [-0.3, -0.25) is 0 Å². The highest BCUT2D eigenvalue weighted by Crippen LogP contribution is 2.08. The highest BCUT2D eigenvalue weighted by Gasteiger charge is 2.15. The first-order valence-corrected chi connectivity index (χ1v) is 8.39. The molecule has 0 aromatic heterocycles. The van der Waals surface area contributed by atoms with Crippen molar-refractivity contribution in [3.63, 3.8) is 0 Å². The number of hydrogen-bond acceptors (Lipinski definition) is 3. The summed E-state index contributed by atoms with van der Waals surface area (Å²) >= 11 is 0. The minimum atomic E-state index is -3.35. The summed E-state index contributed by atoms with van der Waals surface area (Å²) in [4.78, 5) is 0. The van der Waals surface area contributed by atoms with E-state index in [1.165, 1.54) is 4.31 Å². The Bertz CT molecular complexity index is 463. The number of nitrogens with one attached hydrogen (secondary N) is 1. The molecule has 1 N–H and O–H groups in total. The zero-order valence-electron chi connectivity index (χ0n) is 12.2. The van der Waals surface area contributed by atoms with E-state index >= 15 is 0 Å². The summed E-state index contributed by atoms with van der Waals surface area (Å²) in [6.07, 6.45) is 2.48. The SMILES string of the molecule is CCCCN(C)S(=O)(=O)NCCCOc1ccccc1. The summed E-state index contributed by atoms with van der Waals surface area (Å²) in [6.45, 7) is 3.46. The van der Waals surface area contributed by atoms with Gasteiger partial charge in [0, 0.05) is 20.1 Å². The molecule has 0 fully saturated rings. The minimum Gasteiger partial charge on any atom is -0.494 e. The molecule has 0 unspecified atom stereocenters. The fourth-order valence-corrected chi connectivity index (χ4v) is 2.58. The number of hydrogen-bond donors (Lipinski definition) is 1. The molecule has 0 saturated heterocycles. The lowest BCUT2D eigenvalue weighted by atomic mass is 10.3. The van der Waals surface area contributed by atoms with Gasteiger partial charge in [-0.1, -0.05) is 31.5 Å². The molecule has 0 saturated carbocycles. The number of nitrogens with zero attached hydrogens (tertiary/aromatic N) is 1. The Labute approximate surface area is 122 Å². The fourth-order valence-electron chi connectivity index (χ4n) is 1.59. The molecule has 0 bridgehead atoms. The molecule has 1 rings (SSSR count). The van der Waals surface area contributed by atoms with Crippen LogP contribution in [0, 0.1) is 0 Å². The molecule has 0 spiro atoms. The average Bonchev–Trinajstić information content (AvgIpc) is 2.45. The highest BCUT2D eigenvalue weighted by atomic mass is 32.2. The van der Waals surface area contributed by atoms with Gasteiger partial charge in [-0.2, -0.15) is 12.7 Å². The molecule has 114 valence electrons. The first-order valence-electron chi connectivity index (χ1n) is 6.95. The van der Waals surface area contributed by atoms with Crippen LogP contribution in [0.25, 0.3) is 0 Å². The zero-order valence-corrected chi connectivity index (χ0v) is 13.0. The molecule has 1 aromatic rings. The van der Waals surface area contributed by atoms with Crippen molar-refractivity contribution >= 4 is 10.2 Å². The van der Waals surface area contributed by atoms with Gasteiger partial charge in [0.25, 0.3) is 10.2 Å². The molecular formula is C14H24N2O3S. The third-order valence-corrected chi connectivity index (χ3v) is 4.43.